The highest BCUT2D eigenvalue weighted by Crippen LogP contribution is 2.02. The highest BCUT2D eigenvalue weighted by molar-refractivity contribution is 4.88. The molecule has 1 aromatic heterocycles. The van der Waals surface area contributed by atoms with Gasteiger partial charge in [-0.2, -0.15) is 0 Å². The van der Waals surface area contributed by atoms with Gasteiger partial charge in [-0.05, 0) is 33.4 Å². The normalized spacial score (nSPS) is 13.3. The van der Waals surface area contributed by atoms with Crippen LogP contribution in [-0.2, 0) is 6.54 Å². The van der Waals surface area contributed by atoms with E-state index in [1.54, 1.807) is 0 Å². The molecule has 1 unspecified atom stereocenters. The van der Waals surface area contributed by atoms with Crippen LogP contribution in [0.25, 0.3) is 0 Å². The minimum Gasteiger partial charge on any atom is -0.335 e. The summed E-state index contributed by atoms with van der Waals surface area (Å²) in [6.45, 7) is 6.31. The van der Waals surface area contributed by atoms with Crippen LogP contribution in [0.1, 0.15) is 25.6 Å². The molecule has 4 heteroatoms. The van der Waals surface area contributed by atoms with Gasteiger partial charge >= 0.3 is 0 Å². The summed E-state index contributed by atoms with van der Waals surface area (Å²) < 4.78 is 15.2. The van der Waals surface area contributed by atoms with Gasteiger partial charge < -0.3 is 9.47 Å². The van der Waals surface area contributed by atoms with Crippen molar-refractivity contribution in [3.63, 3.8) is 0 Å². The fraction of sp³-hybridized carbons (Fsp3) is 0.750. The molecule has 16 heavy (non-hydrogen) atoms. The van der Waals surface area contributed by atoms with E-state index in [1.165, 1.54) is 0 Å². The van der Waals surface area contributed by atoms with Gasteiger partial charge in [-0.15, -0.1) is 0 Å². The standard InChI is InChI=1S/C12H22FN3/c1-4-12(13)10-15(3)7-5-8-16-9-6-14-11(16)2/h6,9,12H,4-5,7-8,10H2,1-3H3. The Balaban J connectivity index is 2.18. The summed E-state index contributed by atoms with van der Waals surface area (Å²) in [5.41, 5.74) is 0. The molecule has 0 N–H and O–H groups in total. The van der Waals surface area contributed by atoms with Crippen molar-refractivity contribution >= 4 is 0 Å². The molecule has 0 radical (unpaired) electrons. The number of halogens is 1. The molecular weight excluding hydrogens is 205 g/mol. The number of nitrogens with zero attached hydrogens (tertiary/aromatic N) is 3. The smallest absolute Gasteiger partial charge is 0.112 e. The second kappa shape index (κ2) is 6.63. The van der Waals surface area contributed by atoms with Gasteiger partial charge in [0.05, 0.1) is 0 Å². The molecule has 0 aliphatic rings. The van der Waals surface area contributed by atoms with E-state index >= 15 is 0 Å². The van der Waals surface area contributed by atoms with Gasteiger partial charge in [0.2, 0.25) is 0 Å². The number of rotatable bonds is 7. The zero-order valence-corrected chi connectivity index (χ0v) is 10.5. The van der Waals surface area contributed by atoms with E-state index < -0.39 is 6.17 Å². The quantitative estimate of drug-likeness (QED) is 0.712. The summed E-state index contributed by atoms with van der Waals surface area (Å²) in [7, 11) is 1.98. The van der Waals surface area contributed by atoms with Crippen LogP contribution in [0.15, 0.2) is 12.4 Å². The SMILES string of the molecule is CCC(F)CN(C)CCCn1ccnc1C. The summed E-state index contributed by atoms with van der Waals surface area (Å²) in [5.74, 6) is 1.04. The van der Waals surface area contributed by atoms with Gasteiger partial charge in [0.1, 0.15) is 12.0 Å². The zero-order chi connectivity index (χ0) is 12.0. The zero-order valence-electron chi connectivity index (χ0n) is 10.5. The number of aryl methyl sites for hydroxylation is 2. The summed E-state index contributed by atoms with van der Waals surface area (Å²) in [5, 5.41) is 0. The van der Waals surface area contributed by atoms with Gasteiger partial charge in [0.25, 0.3) is 0 Å². The Hall–Kier alpha value is -0.900. The van der Waals surface area contributed by atoms with E-state index in [-0.39, 0.29) is 0 Å². The molecule has 92 valence electrons. The van der Waals surface area contributed by atoms with E-state index in [0.29, 0.717) is 13.0 Å². The first-order valence-corrected chi connectivity index (χ1v) is 5.93. The Morgan fingerprint density at radius 3 is 2.88 bits per heavy atom. The second-order valence-electron chi connectivity index (χ2n) is 4.29. The molecule has 1 aromatic rings. The Kier molecular flexibility index (Phi) is 5.46. The average Bonchev–Trinajstić information content (AvgIpc) is 2.64. The van der Waals surface area contributed by atoms with Crippen molar-refractivity contribution < 1.29 is 4.39 Å². The number of imidazole rings is 1. The molecule has 0 spiro atoms. The molecule has 0 fully saturated rings. The van der Waals surface area contributed by atoms with E-state index in [4.69, 9.17) is 0 Å². The topological polar surface area (TPSA) is 21.1 Å². The van der Waals surface area contributed by atoms with Gasteiger partial charge in [-0.1, -0.05) is 6.92 Å². The summed E-state index contributed by atoms with van der Waals surface area (Å²) in [4.78, 5) is 6.22. The Morgan fingerprint density at radius 2 is 2.31 bits per heavy atom. The molecule has 0 saturated heterocycles. The van der Waals surface area contributed by atoms with Crippen molar-refractivity contribution in [2.24, 2.45) is 0 Å². The van der Waals surface area contributed by atoms with Crippen LogP contribution in [0.4, 0.5) is 4.39 Å². The first-order valence-electron chi connectivity index (χ1n) is 5.93. The molecule has 1 heterocycles. The van der Waals surface area contributed by atoms with Crippen LogP contribution >= 0.6 is 0 Å². The number of hydrogen-bond donors (Lipinski definition) is 0. The van der Waals surface area contributed by atoms with E-state index in [0.717, 1.165) is 25.3 Å². The fourth-order valence-corrected chi connectivity index (χ4v) is 1.71. The van der Waals surface area contributed by atoms with E-state index in [1.807, 2.05) is 33.3 Å². The molecule has 0 aromatic carbocycles. The fourth-order valence-electron chi connectivity index (χ4n) is 1.71. The van der Waals surface area contributed by atoms with Gasteiger partial charge in [0.15, 0.2) is 0 Å². The first kappa shape index (κ1) is 13.2. The predicted octanol–water partition coefficient (Wildman–Crippen LogP) is 2.26. The van der Waals surface area contributed by atoms with Gasteiger partial charge in [-0.25, -0.2) is 9.37 Å². The molecule has 0 aliphatic heterocycles. The van der Waals surface area contributed by atoms with Crippen molar-refractivity contribution in [1.82, 2.24) is 14.5 Å². The molecule has 0 amide bonds. The molecule has 0 saturated carbocycles. The number of alkyl halides is 1. The maximum Gasteiger partial charge on any atom is 0.112 e. The van der Waals surface area contributed by atoms with E-state index in [2.05, 4.69) is 14.5 Å². The number of aromatic nitrogens is 2. The third-order valence-electron chi connectivity index (χ3n) is 2.82. The van der Waals surface area contributed by atoms with Gasteiger partial charge in [0, 0.05) is 25.5 Å². The Morgan fingerprint density at radius 1 is 1.56 bits per heavy atom. The number of hydrogen-bond acceptors (Lipinski definition) is 2. The van der Waals surface area contributed by atoms with Crippen molar-refractivity contribution in [3.8, 4) is 0 Å². The highest BCUT2D eigenvalue weighted by Gasteiger charge is 2.07. The molecule has 3 nitrogen and oxygen atoms in total. The van der Waals surface area contributed by atoms with Crippen LogP contribution in [0.3, 0.4) is 0 Å². The Bertz CT molecular complexity index is 298. The Labute approximate surface area is 97.3 Å². The van der Waals surface area contributed by atoms with Crippen LogP contribution in [0, 0.1) is 6.92 Å². The maximum atomic E-state index is 13.1. The molecule has 0 bridgehead atoms. The minimum absolute atomic E-state index is 0.541. The lowest BCUT2D eigenvalue weighted by atomic mass is 10.3. The van der Waals surface area contributed by atoms with Crippen molar-refractivity contribution in [3.05, 3.63) is 18.2 Å². The predicted molar refractivity (Wildman–Crippen MR) is 64.3 cm³/mol. The average molecular weight is 227 g/mol. The van der Waals surface area contributed by atoms with Crippen molar-refractivity contribution in [2.45, 2.75) is 39.4 Å². The summed E-state index contributed by atoms with van der Waals surface area (Å²) >= 11 is 0. The lowest BCUT2D eigenvalue weighted by Crippen LogP contribution is -2.28. The van der Waals surface area contributed by atoms with Crippen molar-refractivity contribution in [2.75, 3.05) is 20.1 Å². The molecular formula is C12H22FN3. The summed E-state index contributed by atoms with van der Waals surface area (Å²) in [6, 6.07) is 0. The lowest BCUT2D eigenvalue weighted by Gasteiger charge is -2.18. The van der Waals surface area contributed by atoms with Crippen LogP contribution < -0.4 is 0 Å². The monoisotopic (exact) mass is 227 g/mol. The van der Waals surface area contributed by atoms with Crippen LogP contribution in [0.2, 0.25) is 0 Å². The van der Waals surface area contributed by atoms with Gasteiger partial charge in [-0.3, -0.25) is 0 Å². The molecule has 0 aliphatic carbocycles. The third kappa shape index (κ3) is 4.31. The molecule has 1 atom stereocenters. The lowest BCUT2D eigenvalue weighted by molar-refractivity contribution is 0.212. The van der Waals surface area contributed by atoms with Crippen molar-refractivity contribution in [1.29, 1.82) is 0 Å². The first-order chi connectivity index (χ1) is 7.63. The second-order valence-corrected chi connectivity index (χ2v) is 4.29. The summed E-state index contributed by atoms with van der Waals surface area (Å²) in [6.07, 6.45) is 4.74. The maximum absolute atomic E-state index is 13.1. The molecule has 1 rings (SSSR count). The largest absolute Gasteiger partial charge is 0.335 e. The van der Waals surface area contributed by atoms with E-state index in [9.17, 15) is 4.39 Å². The highest BCUT2D eigenvalue weighted by atomic mass is 19.1. The van der Waals surface area contributed by atoms with Crippen LogP contribution in [0.5, 0.6) is 0 Å². The van der Waals surface area contributed by atoms with Crippen LogP contribution in [-0.4, -0.2) is 40.8 Å². The third-order valence-corrected chi connectivity index (χ3v) is 2.82. The minimum atomic E-state index is -0.694.